The fourth-order valence-corrected chi connectivity index (χ4v) is 1.30. The summed E-state index contributed by atoms with van der Waals surface area (Å²) in [5.41, 5.74) is -0.415. The third-order valence-corrected chi connectivity index (χ3v) is 2.03. The number of hydrogen-bond donors (Lipinski definition) is 1. The average Bonchev–Trinajstić information content (AvgIpc) is 2.43. The first-order chi connectivity index (χ1) is 6.38. The first-order valence-electron chi connectivity index (χ1n) is 3.83. The van der Waals surface area contributed by atoms with Crippen molar-refractivity contribution >= 4 is 11.6 Å². The molecule has 1 atom stereocenters. The van der Waals surface area contributed by atoms with Crippen LogP contribution in [0.4, 0.5) is 13.2 Å². The molecule has 14 heavy (non-hydrogen) atoms. The normalized spacial score (nSPS) is 14.4. The van der Waals surface area contributed by atoms with Crippen LogP contribution >= 0.6 is 11.6 Å². The minimum Gasteiger partial charge on any atom is -0.378 e. The zero-order chi connectivity index (χ0) is 10.9. The molecule has 0 aliphatic carbocycles. The maximum atomic E-state index is 12.2. The van der Waals surface area contributed by atoms with Crippen LogP contribution < -0.4 is 0 Å². The van der Waals surface area contributed by atoms with Crippen LogP contribution in [-0.4, -0.2) is 20.8 Å². The largest absolute Gasteiger partial charge is 0.420 e. The third-order valence-electron chi connectivity index (χ3n) is 1.74. The van der Waals surface area contributed by atoms with Crippen LogP contribution in [0.5, 0.6) is 0 Å². The van der Waals surface area contributed by atoms with Gasteiger partial charge in [-0.25, -0.2) is 4.98 Å². The number of rotatable bonds is 2. The fraction of sp³-hybridized carbons (Fsp3) is 0.571. The summed E-state index contributed by atoms with van der Waals surface area (Å²) in [7, 11) is 0. The van der Waals surface area contributed by atoms with E-state index in [1.165, 1.54) is 0 Å². The van der Waals surface area contributed by atoms with Gasteiger partial charge in [0.2, 0.25) is 0 Å². The molecule has 0 radical (unpaired) electrons. The molecule has 80 valence electrons. The first kappa shape index (κ1) is 11.3. The van der Waals surface area contributed by atoms with Gasteiger partial charge in [-0.1, -0.05) is 11.6 Å². The summed E-state index contributed by atoms with van der Waals surface area (Å²) < 4.78 is 37.6. The van der Waals surface area contributed by atoms with Gasteiger partial charge < -0.3 is 9.67 Å². The highest BCUT2D eigenvalue weighted by atomic mass is 35.5. The Labute approximate surface area is 83.1 Å². The second kappa shape index (κ2) is 3.78. The number of nitrogens with zero attached hydrogens (tertiary/aromatic N) is 2. The Morgan fingerprint density at radius 3 is 2.64 bits per heavy atom. The minimum atomic E-state index is -4.73. The van der Waals surface area contributed by atoms with Gasteiger partial charge in [-0.05, 0) is 6.92 Å². The third kappa shape index (κ3) is 2.01. The molecule has 0 fully saturated rings. The molecular weight excluding hydrogens is 221 g/mol. The summed E-state index contributed by atoms with van der Waals surface area (Å²) in [5.74, 6) is 0. The lowest BCUT2D eigenvalue weighted by molar-refractivity contribution is -0.208. The smallest absolute Gasteiger partial charge is 0.378 e. The summed E-state index contributed by atoms with van der Waals surface area (Å²) >= 11 is 5.43. The summed E-state index contributed by atoms with van der Waals surface area (Å²) in [6.07, 6.45) is -6.15. The van der Waals surface area contributed by atoms with Gasteiger partial charge >= 0.3 is 6.18 Å². The molecule has 7 heteroatoms. The monoisotopic (exact) mass is 228 g/mol. The highest BCUT2D eigenvalue weighted by Crippen LogP contribution is 2.35. The summed E-state index contributed by atoms with van der Waals surface area (Å²) in [4.78, 5) is 3.49. The van der Waals surface area contributed by atoms with Crippen molar-refractivity contribution in [2.24, 2.45) is 0 Å². The molecule has 1 N–H and O–H groups in total. The van der Waals surface area contributed by atoms with E-state index in [-0.39, 0.29) is 11.7 Å². The summed E-state index contributed by atoms with van der Waals surface area (Å²) in [5, 5.41) is 8.65. The highest BCUT2D eigenvalue weighted by molar-refractivity contribution is 6.30. The fourth-order valence-electron chi connectivity index (χ4n) is 1.04. The topological polar surface area (TPSA) is 38.0 Å². The zero-order valence-corrected chi connectivity index (χ0v) is 7.97. The molecule has 3 nitrogen and oxygen atoms in total. The molecular formula is C7H8ClF3N2O. The van der Waals surface area contributed by atoms with Gasteiger partial charge in [0, 0.05) is 6.54 Å². The lowest BCUT2D eigenvalue weighted by Gasteiger charge is -2.16. The lowest BCUT2D eigenvalue weighted by atomic mass is 10.2. The van der Waals surface area contributed by atoms with Crippen molar-refractivity contribution in [3.05, 3.63) is 17.2 Å². The number of aliphatic hydroxyl groups excluding tert-OH is 1. The van der Waals surface area contributed by atoms with E-state index in [1.54, 1.807) is 6.92 Å². The molecule has 0 unspecified atom stereocenters. The predicted octanol–water partition coefficient (Wildman–Crippen LogP) is 2.15. The standard InChI is InChI=1S/C7H8ClF3N2O/c1-2-13-3-12-6(8)4(13)5(14)7(9,10)11/h3,5,14H,2H2,1H3/t5-/m0/s1. The van der Waals surface area contributed by atoms with Gasteiger partial charge in [-0.2, -0.15) is 13.2 Å². The lowest BCUT2D eigenvalue weighted by Crippen LogP contribution is -2.23. The summed E-state index contributed by atoms with van der Waals surface area (Å²) in [6, 6.07) is 0. The number of aryl methyl sites for hydroxylation is 1. The Kier molecular flexibility index (Phi) is 3.06. The van der Waals surface area contributed by atoms with E-state index < -0.39 is 18.0 Å². The van der Waals surface area contributed by atoms with Crippen LogP contribution in [-0.2, 0) is 6.54 Å². The Hall–Kier alpha value is -0.750. The van der Waals surface area contributed by atoms with Gasteiger partial charge in [0.1, 0.15) is 0 Å². The SMILES string of the molecule is CCn1cnc(Cl)c1[C@H](O)C(F)(F)F. The van der Waals surface area contributed by atoms with E-state index in [1.807, 2.05) is 0 Å². The number of imidazole rings is 1. The molecule has 0 saturated carbocycles. The Balaban J connectivity index is 3.11. The zero-order valence-electron chi connectivity index (χ0n) is 7.22. The van der Waals surface area contributed by atoms with Gasteiger partial charge in [0.05, 0.1) is 12.0 Å². The molecule has 0 amide bonds. The molecule has 0 saturated heterocycles. The number of aromatic nitrogens is 2. The molecule has 1 aromatic rings. The van der Waals surface area contributed by atoms with Crippen molar-refractivity contribution < 1.29 is 18.3 Å². The van der Waals surface area contributed by atoms with Crippen molar-refractivity contribution in [1.29, 1.82) is 0 Å². The Morgan fingerprint density at radius 2 is 2.21 bits per heavy atom. The summed E-state index contributed by atoms with van der Waals surface area (Å²) in [6.45, 7) is 1.90. The molecule has 0 aliphatic rings. The number of halogens is 4. The number of hydrogen-bond acceptors (Lipinski definition) is 2. The second-order valence-corrected chi connectivity index (χ2v) is 3.01. The van der Waals surface area contributed by atoms with Crippen molar-refractivity contribution in [2.75, 3.05) is 0 Å². The minimum absolute atomic E-state index is 0.266. The van der Waals surface area contributed by atoms with Crippen molar-refractivity contribution in [3.8, 4) is 0 Å². The van der Waals surface area contributed by atoms with Crippen molar-refractivity contribution in [1.82, 2.24) is 9.55 Å². The van der Waals surface area contributed by atoms with Crippen LogP contribution in [0.2, 0.25) is 5.15 Å². The molecule has 1 aromatic heterocycles. The van der Waals surface area contributed by atoms with E-state index in [0.717, 1.165) is 10.9 Å². The quantitative estimate of drug-likeness (QED) is 0.842. The molecule has 0 bridgehead atoms. The first-order valence-corrected chi connectivity index (χ1v) is 4.21. The highest BCUT2D eigenvalue weighted by Gasteiger charge is 2.42. The van der Waals surface area contributed by atoms with E-state index in [2.05, 4.69) is 4.98 Å². The Morgan fingerprint density at radius 1 is 1.64 bits per heavy atom. The molecule has 0 spiro atoms. The molecule has 0 aromatic carbocycles. The van der Waals surface area contributed by atoms with Crippen LogP contribution in [0.25, 0.3) is 0 Å². The van der Waals surface area contributed by atoms with Gasteiger partial charge in [-0.3, -0.25) is 0 Å². The molecule has 0 aliphatic heterocycles. The predicted molar refractivity (Wildman–Crippen MR) is 43.9 cm³/mol. The van der Waals surface area contributed by atoms with Crippen molar-refractivity contribution in [2.45, 2.75) is 25.7 Å². The van der Waals surface area contributed by atoms with Crippen LogP contribution in [0, 0.1) is 0 Å². The van der Waals surface area contributed by atoms with E-state index in [0.29, 0.717) is 0 Å². The maximum absolute atomic E-state index is 12.2. The van der Waals surface area contributed by atoms with Crippen molar-refractivity contribution in [3.63, 3.8) is 0 Å². The van der Waals surface area contributed by atoms with Crippen LogP contribution in [0.15, 0.2) is 6.33 Å². The van der Waals surface area contributed by atoms with E-state index in [9.17, 15) is 13.2 Å². The van der Waals surface area contributed by atoms with Gasteiger partial charge in [-0.15, -0.1) is 0 Å². The second-order valence-electron chi connectivity index (χ2n) is 2.65. The van der Waals surface area contributed by atoms with E-state index in [4.69, 9.17) is 16.7 Å². The Bertz CT molecular complexity index is 323. The number of alkyl halides is 3. The maximum Gasteiger partial charge on any atom is 0.420 e. The average molecular weight is 229 g/mol. The molecule has 1 heterocycles. The van der Waals surface area contributed by atoms with E-state index >= 15 is 0 Å². The van der Waals surface area contributed by atoms with Gasteiger partial charge in [0.15, 0.2) is 11.3 Å². The number of aliphatic hydroxyl groups is 1. The van der Waals surface area contributed by atoms with Crippen LogP contribution in [0.3, 0.4) is 0 Å². The van der Waals surface area contributed by atoms with Gasteiger partial charge in [0.25, 0.3) is 0 Å². The van der Waals surface area contributed by atoms with Crippen LogP contribution in [0.1, 0.15) is 18.7 Å². The molecule has 1 rings (SSSR count).